The first kappa shape index (κ1) is 26.0. The van der Waals surface area contributed by atoms with Crippen molar-refractivity contribution in [1.29, 1.82) is 0 Å². The van der Waals surface area contributed by atoms with Crippen molar-refractivity contribution in [3.8, 4) is 0 Å². The fraction of sp³-hybridized carbons (Fsp3) is 0.125. The maximum Gasteiger partial charge on any atom is 0.337 e. The van der Waals surface area contributed by atoms with Crippen molar-refractivity contribution in [3.05, 3.63) is 56.0 Å². The first-order valence-corrected chi connectivity index (χ1v) is 7.65. The molecule has 26 heavy (non-hydrogen) atoms. The molecule has 0 aliphatic rings. The molecule has 0 unspecified atom stereocenters. The smallest absolute Gasteiger partial charge is 0.337 e. The van der Waals surface area contributed by atoms with Crippen molar-refractivity contribution in [2.24, 2.45) is 5.73 Å². The van der Waals surface area contributed by atoms with Crippen LogP contribution in [0, 0.1) is 11.6 Å². The fourth-order valence-corrected chi connectivity index (χ4v) is 2.21. The second-order valence-corrected chi connectivity index (χ2v) is 6.09. The number of carboxylic acids is 1. The molecule has 0 aliphatic carbocycles. The van der Waals surface area contributed by atoms with E-state index in [9.17, 15) is 18.4 Å². The highest BCUT2D eigenvalue weighted by Gasteiger charge is 2.11. The van der Waals surface area contributed by atoms with E-state index in [1.807, 2.05) is 0 Å². The summed E-state index contributed by atoms with van der Waals surface area (Å²) in [6.45, 7) is 0. The van der Waals surface area contributed by atoms with E-state index in [0.717, 1.165) is 18.2 Å². The number of anilines is 2. The summed E-state index contributed by atoms with van der Waals surface area (Å²) >= 11 is 5.76. The van der Waals surface area contributed by atoms with E-state index in [1.165, 1.54) is 6.07 Å². The number of carbonyl (C=O) groups is 2. The van der Waals surface area contributed by atoms with Crippen molar-refractivity contribution in [1.82, 2.24) is 0 Å². The zero-order valence-electron chi connectivity index (χ0n) is 11.8. The van der Waals surface area contributed by atoms with Crippen LogP contribution in [-0.4, -0.2) is 17.0 Å². The Kier molecular flexibility index (Phi) is 10.7. The predicted octanol–water partition coefficient (Wildman–Crippen LogP) is 4.41. The molecule has 0 aliphatic heterocycles. The third-order valence-electron chi connectivity index (χ3n) is 2.68. The molecule has 0 radical (unpaired) electrons. The second-order valence-electron chi connectivity index (χ2n) is 4.38. The number of aromatic carboxylic acids is 1. The third-order valence-corrected chi connectivity index (χ3v) is 3.90. The minimum atomic E-state index is -1.17. The van der Waals surface area contributed by atoms with Gasteiger partial charge in [-0.05, 0) is 56.1 Å². The van der Waals surface area contributed by atoms with E-state index in [1.54, 1.807) is 0 Å². The number of amides is 1. The Bertz CT molecular complexity index is 750. The first-order chi connectivity index (χ1) is 11.0. The molecule has 1 amide bonds. The topological polar surface area (TPSA) is 132 Å². The Morgan fingerprint density at radius 3 is 1.54 bits per heavy atom. The first-order valence-electron chi connectivity index (χ1n) is 6.06. The quantitative estimate of drug-likeness (QED) is 0.455. The highest BCUT2D eigenvalue weighted by molar-refractivity contribution is 9.10. The lowest BCUT2D eigenvalue weighted by Crippen LogP contribution is -2.13. The van der Waals surface area contributed by atoms with Gasteiger partial charge in [0.2, 0.25) is 0 Å². The lowest BCUT2D eigenvalue weighted by molar-refractivity contribution is 0.0697. The van der Waals surface area contributed by atoms with Gasteiger partial charge in [0, 0.05) is 11.4 Å². The molecule has 6 nitrogen and oxygen atoms in total. The predicted molar refractivity (Wildman–Crippen MR) is 106 cm³/mol. The van der Waals surface area contributed by atoms with Gasteiger partial charge in [-0.3, -0.25) is 4.79 Å². The van der Waals surface area contributed by atoms with Crippen molar-refractivity contribution in [2.75, 3.05) is 11.5 Å². The number of nitrogens with two attached hydrogens (primary N) is 3. The molecule has 0 aromatic heterocycles. The third kappa shape index (κ3) is 6.60. The molecule has 7 N–H and O–H groups in total. The lowest BCUT2D eigenvalue weighted by Gasteiger charge is -2.02. The van der Waals surface area contributed by atoms with Gasteiger partial charge >= 0.3 is 5.97 Å². The van der Waals surface area contributed by atoms with Gasteiger partial charge in [0.15, 0.2) is 0 Å². The average Bonchev–Trinajstić information content (AvgIpc) is 2.46. The minimum absolute atomic E-state index is 0. The average molecular weight is 499 g/mol. The van der Waals surface area contributed by atoms with Crippen molar-refractivity contribution in [3.63, 3.8) is 0 Å². The molecular formula is C16H19Br2F2N3O3. The number of carbonyl (C=O) groups excluding carboxylic acids is 1. The standard InChI is InChI=1S/C7H6BrFN2O.C7H5BrFNO2.2CH4/c2*8-4-1-3(7(11)12)6(10)2-5(4)9;;/h1-2H,10H2,(H2,11,12);1-2H,10H2,(H,11,12);2*1H4. The van der Waals surface area contributed by atoms with Crippen LogP contribution in [0.1, 0.15) is 35.6 Å². The van der Waals surface area contributed by atoms with E-state index in [2.05, 4.69) is 31.9 Å². The SMILES string of the molecule is C.C.NC(=O)c1cc(Br)c(F)cc1N.Nc1cc(F)c(Br)cc1C(=O)O. The number of nitrogen functional groups attached to an aromatic ring is 2. The zero-order chi connectivity index (χ0) is 18.6. The normalized spacial score (nSPS) is 9.08. The minimum Gasteiger partial charge on any atom is -0.478 e. The molecule has 2 rings (SSSR count). The van der Waals surface area contributed by atoms with Gasteiger partial charge in [-0.1, -0.05) is 14.9 Å². The number of hydrogen-bond donors (Lipinski definition) is 4. The summed E-state index contributed by atoms with van der Waals surface area (Å²) in [7, 11) is 0. The van der Waals surface area contributed by atoms with E-state index in [0.29, 0.717) is 0 Å². The van der Waals surface area contributed by atoms with E-state index in [-0.39, 0.29) is 46.3 Å². The number of carboxylic acid groups (broad SMARTS) is 1. The van der Waals surface area contributed by atoms with Crippen LogP contribution in [0.5, 0.6) is 0 Å². The lowest BCUT2D eigenvalue weighted by atomic mass is 10.2. The summed E-state index contributed by atoms with van der Waals surface area (Å²) in [6, 6.07) is 4.40. The number of primary amides is 1. The molecule has 0 saturated carbocycles. The van der Waals surface area contributed by atoms with Crippen molar-refractivity contribution < 1.29 is 23.5 Å². The van der Waals surface area contributed by atoms with Gasteiger partial charge in [-0.25, -0.2) is 13.6 Å². The van der Waals surface area contributed by atoms with Gasteiger partial charge in [-0.2, -0.15) is 0 Å². The van der Waals surface area contributed by atoms with Gasteiger partial charge in [0.25, 0.3) is 5.91 Å². The Morgan fingerprint density at radius 1 is 0.846 bits per heavy atom. The summed E-state index contributed by atoms with van der Waals surface area (Å²) in [4.78, 5) is 21.1. The molecule has 2 aromatic rings. The van der Waals surface area contributed by atoms with Gasteiger partial charge in [0.1, 0.15) is 11.6 Å². The van der Waals surface area contributed by atoms with Crippen LogP contribution in [0.3, 0.4) is 0 Å². The highest BCUT2D eigenvalue weighted by atomic mass is 79.9. The van der Waals surface area contributed by atoms with Crippen LogP contribution < -0.4 is 17.2 Å². The van der Waals surface area contributed by atoms with Crippen LogP contribution in [-0.2, 0) is 0 Å². The molecule has 10 heteroatoms. The van der Waals surface area contributed by atoms with Crippen LogP contribution in [0.25, 0.3) is 0 Å². The second kappa shape index (κ2) is 10.7. The Morgan fingerprint density at radius 2 is 1.19 bits per heavy atom. The van der Waals surface area contributed by atoms with E-state index >= 15 is 0 Å². The van der Waals surface area contributed by atoms with Crippen molar-refractivity contribution >= 4 is 55.1 Å². The molecule has 2 aromatic carbocycles. The molecule has 0 heterocycles. The van der Waals surface area contributed by atoms with Crippen LogP contribution >= 0.6 is 31.9 Å². The summed E-state index contributed by atoms with van der Waals surface area (Å²) in [5.41, 5.74) is 15.5. The fourth-order valence-electron chi connectivity index (χ4n) is 1.52. The number of rotatable bonds is 2. The Balaban J connectivity index is 0. The molecule has 0 bridgehead atoms. The van der Waals surface area contributed by atoms with Crippen LogP contribution in [0.2, 0.25) is 0 Å². The Labute approximate surface area is 166 Å². The largest absolute Gasteiger partial charge is 0.478 e. The monoisotopic (exact) mass is 497 g/mol. The van der Waals surface area contributed by atoms with Crippen LogP contribution in [0.4, 0.5) is 20.2 Å². The summed E-state index contributed by atoms with van der Waals surface area (Å²) < 4.78 is 25.7. The molecule has 0 spiro atoms. The van der Waals surface area contributed by atoms with Gasteiger partial charge in [-0.15, -0.1) is 0 Å². The van der Waals surface area contributed by atoms with Gasteiger partial charge < -0.3 is 22.3 Å². The summed E-state index contributed by atoms with van der Waals surface area (Å²) in [5.74, 6) is -2.93. The molecule has 144 valence electrons. The summed E-state index contributed by atoms with van der Waals surface area (Å²) in [5, 5.41) is 8.56. The molecular weight excluding hydrogens is 480 g/mol. The maximum absolute atomic E-state index is 12.7. The Hall–Kier alpha value is -2.20. The van der Waals surface area contributed by atoms with E-state index in [4.69, 9.17) is 22.3 Å². The zero-order valence-corrected chi connectivity index (χ0v) is 15.0. The highest BCUT2D eigenvalue weighted by Crippen LogP contribution is 2.22. The molecule has 0 saturated heterocycles. The van der Waals surface area contributed by atoms with Gasteiger partial charge in [0.05, 0.1) is 20.1 Å². The molecule has 0 atom stereocenters. The van der Waals surface area contributed by atoms with Crippen molar-refractivity contribution in [2.45, 2.75) is 14.9 Å². The van der Waals surface area contributed by atoms with E-state index < -0.39 is 23.5 Å². The number of halogens is 4. The van der Waals surface area contributed by atoms with Crippen LogP contribution in [0.15, 0.2) is 33.2 Å². The number of hydrogen-bond acceptors (Lipinski definition) is 4. The maximum atomic E-state index is 12.7. The number of benzene rings is 2. The summed E-state index contributed by atoms with van der Waals surface area (Å²) in [6.07, 6.45) is 0. The molecule has 0 fully saturated rings.